The molecule has 164 valence electrons. The second kappa shape index (κ2) is 7.28. The van der Waals surface area contributed by atoms with E-state index < -0.39 is 0 Å². The van der Waals surface area contributed by atoms with E-state index in [0.29, 0.717) is 17.8 Å². The largest absolute Gasteiger partial charge is 0.497 e. The SMILES string of the molecule is CCCCCC(=O)OC12CCC3(CC1)[C@@H]1CCc4cc(OC)ccc4[C@H]1CC[C@]23C. The van der Waals surface area contributed by atoms with Crippen molar-refractivity contribution in [2.75, 3.05) is 7.11 Å². The molecule has 0 heterocycles. The Morgan fingerprint density at radius 2 is 1.90 bits per heavy atom. The van der Waals surface area contributed by atoms with Gasteiger partial charge >= 0.3 is 5.97 Å². The Hall–Kier alpha value is -1.51. The summed E-state index contributed by atoms with van der Waals surface area (Å²) in [6, 6.07) is 6.76. The number of hydrogen-bond acceptors (Lipinski definition) is 3. The zero-order valence-corrected chi connectivity index (χ0v) is 19.1. The molecule has 0 aromatic heterocycles. The van der Waals surface area contributed by atoms with E-state index in [9.17, 15) is 4.79 Å². The number of carbonyl (C=O) groups excluding carboxylic acids is 1. The van der Waals surface area contributed by atoms with Gasteiger partial charge in [0.1, 0.15) is 11.4 Å². The highest BCUT2D eigenvalue weighted by Crippen LogP contribution is 2.78. The minimum Gasteiger partial charge on any atom is -0.497 e. The fourth-order valence-electron chi connectivity index (χ4n) is 8.40. The Kier molecular flexibility index (Phi) is 4.95. The van der Waals surface area contributed by atoms with Crippen molar-refractivity contribution >= 4 is 5.97 Å². The normalized spacial score (nSPS) is 38.5. The topological polar surface area (TPSA) is 35.5 Å². The Morgan fingerprint density at radius 3 is 2.63 bits per heavy atom. The van der Waals surface area contributed by atoms with Crippen molar-refractivity contribution in [3.8, 4) is 5.75 Å². The number of rotatable bonds is 6. The highest BCUT2D eigenvalue weighted by Gasteiger charge is 2.75. The first-order valence-electron chi connectivity index (χ1n) is 12.4. The number of carbonyl (C=O) groups is 1. The fraction of sp³-hybridized carbons (Fsp3) is 0.741. The molecule has 0 N–H and O–H groups in total. The van der Waals surface area contributed by atoms with Crippen LogP contribution in [0, 0.1) is 16.7 Å². The zero-order valence-electron chi connectivity index (χ0n) is 19.1. The van der Waals surface area contributed by atoms with Crippen molar-refractivity contribution in [2.45, 2.75) is 102 Å². The minimum atomic E-state index is -0.193. The Balaban J connectivity index is 1.41. The van der Waals surface area contributed by atoms with Gasteiger partial charge in [-0.05, 0) is 98.3 Å². The lowest BCUT2D eigenvalue weighted by atomic mass is 9.48. The van der Waals surface area contributed by atoms with Crippen LogP contribution in [0.5, 0.6) is 5.75 Å². The molecule has 3 atom stereocenters. The van der Waals surface area contributed by atoms with Gasteiger partial charge in [-0.2, -0.15) is 0 Å². The summed E-state index contributed by atoms with van der Waals surface area (Å²) >= 11 is 0. The molecule has 4 aliphatic rings. The number of benzene rings is 1. The highest BCUT2D eigenvalue weighted by molar-refractivity contribution is 5.70. The summed E-state index contributed by atoms with van der Waals surface area (Å²) in [5, 5.41) is 0. The van der Waals surface area contributed by atoms with E-state index in [1.165, 1.54) is 37.7 Å². The van der Waals surface area contributed by atoms with Crippen molar-refractivity contribution in [1.29, 1.82) is 0 Å². The van der Waals surface area contributed by atoms with E-state index in [1.54, 1.807) is 12.7 Å². The number of hydrogen-bond donors (Lipinski definition) is 0. The third kappa shape index (κ3) is 2.66. The summed E-state index contributed by atoms with van der Waals surface area (Å²) in [7, 11) is 1.76. The summed E-state index contributed by atoms with van der Waals surface area (Å²) in [5.41, 5.74) is 3.40. The van der Waals surface area contributed by atoms with E-state index in [2.05, 4.69) is 32.0 Å². The van der Waals surface area contributed by atoms with E-state index in [0.717, 1.165) is 50.2 Å². The van der Waals surface area contributed by atoms with Crippen molar-refractivity contribution in [3.63, 3.8) is 0 Å². The van der Waals surface area contributed by atoms with Gasteiger partial charge in [-0.15, -0.1) is 0 Å². The molecule has 4 aliphatic carbocycles. The van der Waals surface area contributed by atoms with E-state index in [-0.39, 0.29) is 17.0 Å². The average molecular weight is 411 g/mol. The molecule has 1 aromatic rings. The van der Waals surface area contributed by atoms with Gasteiger partial charge in [0.25, 0.3) is 0 Å². The molecule has 0 aliphatic heterocycles. The van der Waals surface area contributed by atoms with Crippen molar-refractivity contribution in [2.24, 2.45) is 16.7 Å². The molecule has 5 rings (SSSR count). The van der Waals surface area contributed by atoms with Crippen LogP contribution in [0.1, 0.15) is 102 Å². The van der Waals surface area contributed by atoms with Crippen LogP contribution < -0.4 is 4.74 Å². The maximum Gasteiger partial charge on any atom is 0.306 e. The lowest BCUT2D eigenvalue weighted by Crippen LogP contribution is -2.53. The van der Waals surface area contributed by atoms with Gasteiger partial charge < -0.3 is 9.47 Å². The molecule has 0 spiro atoms. The quantitative estimate of drug-likeness (QED) is 0.393. The van der Waals surface area contributed by atoms with Crippen LogP contribution in [-0.4, -0.2) is 18.7 Å². The summed E-state index contributed by atoms with van der Waals surface area (Å²) < 4.78 is 11.9. The molecule has 2 bridgehead atoms. The van der Waals surface area contributed by atoms with E-state index in [1.807, 2.05) is 0 Å². The third-order valence-corrected chi connectivity index (χ3v) is 9.97. The van der Waals surface area contributed by atoms with Gasteiger partial charge in [-0.25, -0.2) is 0 Å². The second-order valence-electron chi connectivity index (χ2n) is 10.8. The standard InChI is InChI=1S/C27H38O3/c1-4-5-6-7-24(28)30-27-16-14-26(15-17-27)23-11-8-19-18-20(29-3)9-10-21(19)22(23)12-13-25(26,27)2/h9-10,18,22-23H,4-8,11-17H2,1-3H3/t22-,23-,25+,26?,27?/m1/s1. The van der Waals surface area contributed by atoms with Crippen LogP contribution in [0.2, 0.25) is 0 Å². The molecule has 3 heteroatoms. The number of aryl methyl sites for hydroxylation is 1. The molecule has 30 heavy (non-hydrogen) atoms. The van der Waals surface area contributed by atoms with Crippen LogP contribution in [0.4, 0.5) is 0 Å². The number of fused-ring (bicyclic) bond motifs is 3. The molecule has 0 unspecified atom stereocenters. The molecule has 3 nitrogen and oxygen atoms in total. The van der Waals surface area contributed by atoms with Gasteiger partial charge in [-0.1, -0.05) is 32.8 Å². The maximum absolute atomic E-state index is 12.7. The first kappa shape index (κ1) is 20.4. The predicted molar refractivity (Wildman–Crippen MR) is 119 cm³/mol. The Labute approximate surface area is 181 Å². The number of ether oxygens (including phenoxy) is 2. The lowest BCUT2D eigenvalue weighted by molar-refractivity contribution is -0.176. The summed E-state index contributed by atoms with van der Waals surface area (Å²) in [5.74, 6) is 2.45. The van der Waals surface area contributed by atoms with Crippen molar-refractivity contribution in [1.82, 2.24) is 0 Å². The maximum atomic E-state index is 12.7. The molecule has 0 saturated heterocycles. The van der Waals surface area contributed by atoms with Crippen molar-refractivity contribution < 1.29 is 14.3 Å². The molecular formula is C27H38O3. The monoisotopic (exact) mass is 410 g/mol. The van der Waals surface area contributed by atoms with Crippen molar-refractivity contribution in [3.05, 3.63) is 29.3 Å². The Morgan fingerprint density at radius 1 is 1.10 bits per heavy atom. The zero-order chi connectivity index (χ0) is 21.0. The van der Waals surface area contributed by atoms with E-state index >= 15 is 0 Å². The van der Waals surface area contributed by atoms with Crippen LogP contribution in [0.3, 0.4) is 0 Å². The minimum absolute atomic E-state index is 0.0607. The highest BCUT2D eigenvalue weighted by atomic mass is 16.6. The number of unbranched alkanes of at least 4 members (excludes halogenated alkanes) is 2. The van der Waals surface area contributed by atoms with Crippen LogP contribution in [0.15, 0.2) is 18.2 Å². The molecule has 3 fully saturated rings. The first-order chi connectivity index (χ1) is 14.5. The number of methoxy groups -OCH3 is 1. The molecular weight excluding hydrogens is 372 g/mol. The molecule has 0 radical (unpaired) electrons. The third-order valence-electron chi connectivity index (χ3n) is 9.97. The van der Waals surface area contributed by atoms with Crippen LogP contribution >= 0.6 is 0 Å². The van der Waals surface area contributed by atoms with Gasteiger partial charge in [0.2, 0.25) is 0 Å². The summed E-state index contributed by atoms with van der Waals surface area (Å²) in [4.78, 5) is 12.7. The summed E-state index contributed by atoms with van der Waals surface area (Å²) in [6.07, 6.45) is 13.4. The predicted octanol–water partition coefficient (Wildman–Crippen LogP) is 6.58. The molecule has 0 amide bonds. The smallest absolute Gasteiger partial charge is 0.306 e. The van der Waals surface area contributed by atoms with Gasteiger partial charge in [0, 0.05) is 11.8 Å². The van der Waals surface area contributed by atoms with Gasteiger partial charge in [0.15, 0.2) is 0 Å². The first-order valence-corrected chi connectivity index (χ1v) is 12.4. The number of esters is 1. The molecule has 1 aromatic carbocycles. The summed E-state index contributed by atoms with van der Waals surface area (Å²) in [6.45, 7) is 4.68. The Bertz CT molecular complexity index is 819. The molecule has 3 saturated carbocycles. The van der Waals surface area contributed by atoms with Gasteiger partial charge in [-0.3, -0.25) is 4.79 Å². The van der Waals surface area contributed by atoms with Crippen LogP contribution in [-0.2, 0) is 16.0 Å². The van der Waals surface area contributed by atoms with E-state index in [4.69, 9.17) is 9.47 Å². The lowest BCUT2D eigenvalue weighted by Gasteiger charge is -2.57. The average Bonchev–Trinajstić information content (AvgIpc) is 3.16. The van der Waals surface area contributed by atoms with Gasteiger partial charge in [0.05, 0.1) is 7.11 Å². The fourth-order valence-corrected chi connectivity index (χ4v) is 8.40. The van der Waals surface area contributed by atoms with Crippen LogP contribution in [0.25, 0.3) is 0 Å². The second-order valence-corrected chi connectivity index (χ2v) is 10.8.